The second kappa shape index (κ2) is 11.6. The fraction of sp³-hybridized carbons (Fsp3) is 0.529. The summed E-state index contributed by atoms with van der Waals surface area (Å²) in [5, 5.41) is 12.7. The molecule has 1 aromatic carbocycles. The third-order valence-corrected chi connectivity index (χ3v) is 3.28. The van der Waals surface area contributed by atoms with Crippen molar-refractivity contribution in [2.24, 2.45) is 0 Å². The Morgan fingerprint density at radius 3 is 2.00 bits per heavy atom. The molecule has 0 aliphatic heterocycles. The molecule has 0 aliphatic carbocycles. The number of ether oxygens (including phenoxy) is 1. The van der Waals surface area contributed by atoms with Crippen LogP contribution in [-0.2, 0) is 4.74 Å². The van der Waals surface area contributed by atoms with E-state index in [0.29, 0.717) is 5.76 Å². The van der Waals surface area contributed by atoms with Gasteiger partial charge in [-0.05, 0) is 12.8 Å². The zero-order valence-corrected chi connectivity index (χ0v) is 13.9. The monoisotopic (exact) mass is 283 g/mol. The summed E-state index contributed by atoms with van der Waals surface area (Å²) in [7, 11) is 1.57. The number of hydrogen-bond acceptors (Lipinski definition) is 3. The molecule has 3 nitrogen and oxygen atoms in total. The molecular weight excluding hydrogens is 257 g/mol. The number of methoxy groups -OCH3 is 1. The standard InChI is InChI=1S/C17H27NO2.Li/c1-4-6-13-18(14-7-5-2)17(19)16(20-3)15-11-9-8-10-12-15;/h8-12,19H,4-7,13-14H2,1-3H3;/q;+1/p-1/b17-16+;. The molecule has 0 unspecified atom stereocenters. The van der Waals surface area contributed by atoms with E-state index in [4.69, 9.17) is 4.74 Å². The molecule has 0 saturated carbocycles. The van der Waals surface area contributed by atoms with E-state index in [0.717, 1.165) is 44.3 Å². The van der Waals surface area contributed by atoms with Crippen LogP contribution in [0.15, 0.2) is 36.2 Å². The van der Waals surface area contributed by atoms with Crippen molar-refractivity contribution in [1.29, 1.82) is 0 Å². The summed E-state index contributed by atoms with van der Waals surface area (Å²) >= 11 is 0. The zero-order valence-electron chi connectivity index (χ0n) is 13.9. The maximum absolute atomic E-state index is 12.7. The van der Waals surface area contributed by atoms with Crippen molar-refractivity contribution >= 4 is 5.76 Å². The van der Waals surface area contributed by atoms with Crippen molar-refractivity contribution in [1.82, 2.24) is 4.90 Å². The predicted molar refractivity (Wildman–Crippen MR) is 81.8 cm³/mol. The van der Waals surface area contributed by atoms with Crippen LogP contribution in [0, 0.1) is 0 Å². The first-order valence-electron chi connectivity index (χ1n) is 7.50. The third kappa shape index (κ3) is 6.50. The number of nitrogens with zero attached hydrogens (tertiary/aromatic N) is 1. The maximum Gasteiger partial charge on any atom is 1.00 e. The van der Waals surface area contributed by atoms with E-state index in [9.17, 15) is 5.11 Å². The number of rotatable bonds is 9. The predicted octanol–water partition coefficient (Wildman–Crippen LogP) is 0.226. The number of unbranched alkanes of at least 4 members (excludes halogenated alkanes) is 2. The summed E-state index contributed by atoms with van der Waals surface area (Å²) in [6, 6.07) is 9.60. The Labute approximate surface area is 141 Å². The van der Waals surface area contributed by atoms with Crippen LogP contribution >= 0.6 is 0 Å². The summed E-state index contributed by atoms with van der Waals surface area (Å²) in [5.41, 5.74) is 0.845. The van der Waals surface area contributed by atoms with Crippen LogP contribution in [0.3, 0.4) is 0 Å². The normalized spacial score (nSPS) is 11.4. The average Bonchev–Trinajstić information content (AvgIpc) is 2.49. The molecule has 0 amide bonds. The third-order valence-electron chi connectivity index (χ3n) is 3.28. The molecule has 0 bridgehead atoms. The molecule has 0 spiro atoms. The van der Waals surface area contributed by atoms with E-state index in [1.54, 1.807) is 7.11 Å². The molecule has 0 heterocycles. The topological polar surface area (TPSA) is 35.5 Å². The Morgan fingerprint density at radius 2 is 1.57 bits per heavy atom. The molecule has 0 fully saturated rings. The van der Waals surface area contributed by atoms with E-state index < -0.39 is 0 Å². The molecule has 0 saturated heterocycles. The van der Waals surface area contributed by atoms with Gasteiger partial charge in [0.05, 0.1) is 7.11 Å². The molecule has 21 heavy (non-hydrogen) atoms. The van der Waals surface area contributed by atoms with Crippen LogP contribution in [0.1, 0.15) is 45.1 Å². The summed E-state index contributed by atoms with van der Waals surface area (Å²) < 4.78 is 5.36. The van der Waals surface area contributed by atoms with E-state index in [2.05, 4.69) is 13.8 Å². The first kappa shape index (κ1) is 20.0. The number of hydrogen-bond donors (Lipinski definition) is 0. The van der Waals surface area contributed by atoms with Crippen molar-refractivity contribution in [3.05, 3.63) is 41.8 Å². The molecule has 4 heteroatoms. The zero-order chi connectivity index (χ0) is 14.8. The van der Waals surface area contributed by atoms with Gasteiger partial charge < -0.3 is 14.7 Å². The van der Waals surface area contributed by atoms with Gasteiger partial charge in [-0.3, -0.25) is 0 Å². The van der Waals surface area contributed by atoms with Gasteiger partial charge in [-0.2, -0.15) is 0 Å². The van der Waals surface area contributed by atoms with Crippen LogP contribution in [0.5, 0.6) is 0 Å². The van der Waals surface area contributed by atoms with Gasteiger partial charge in [-0.25, -0.2) is 0 Å². The van der Waals surface area contributed by atoms with Crippen molar-refractivity contribution in [3.8, 4) is 0 Å². The summed E-state index contributed by atoms with van der Waals surface area (Å²) in [6.45, 7) is 5.88. The van der Waals surface area contributed by atoms with Crippen LogP contribution in [0.4, 0.5) is 0 Å². The Morgan fingerprint density at radius 1 is 1.05 bits per heavy atom. The fourth-order valence-electron chi connectivity index (χ4n) is 2.07. The quantitative estimate of drug-likeness (QED) is 0.481. The van der Waals surface area contributed by atoms with Crippen molar-refractivity contribution in [2.45, 2.75) is 39.5 Å². The van der Waals surface area contributed by atoms with Gasteiger partial charge in [0.25, 0.3) is 0 Å². The SMILES string of the molecule is CCCCN(CCCC)/C([O-])=C(\OC)c1ccccc1.[Li+]. The average molecular weight is 283 g/mol. The smallest absolute Gasteiger partial charge is 0.858 e. The Kier molecular flexibility index (Phi) is 11.0. The van der Waals surface area contributed by atoms with Gasteiger partial charge in [-0.15, -0.1) is 0 Å². The molecule has 1 rings (SSSR count). The van der Waals surface area contributed by atoms with Crippen LogP contribution in [0.2, 0.25) is 0 Å². The van der Waals surface area contributed by atoms with E-state index in [1.807, 2.05) is 35.2 Å². The largest absolute Gasteiger partial charge is 1.00 e. The first-order chi connectivity index (χ1) is 9.74. The van der Waals surface area contributed by atoms with Gasteiger partial charge in [0.1, 0.15) is 5.76 Å². The van der Waals surface area contributed by atoms with Crippen LogP contribution in [-0.4, -0.2) is 25.1 Å². The van der Waals surface area contributed by atoms with E-state index >= 15 is 0 Å². The second-order valence-electron chi connectivity index (χ2n) is 4.90. The minimum absolute atomic E-state index is 0. The second-order valence-corrected chi connectivity index (χ2v) is 4.90. The summed E-state index contributed by atoms with van der Waals surface area (Å²) in [6.07, 6.45) is 4.23. The van der Waals surface area contributed by atoms with E-state index in [-0.39, 0.29) is 24.7 Å². The van der Waals surface area contributed by atoms with Gasteiger partial charge in [0.15, 0.2) is 0 Å². The number of benzene rings is 1. The maximum atomic E-state index is 12.7. The summed E-state index contributed by atoms with van der Waals surface area (Å²) in [4.78, 5) is 1.92. The first-order valence-corrected chi connectivity index (χ1v) is 7.50. The molecule has 0 radical (unpaired) electrons. The van der Waals surface area contributed by atoms with Crippen molar-refractivity contribution in [2.75, 3.05) is 20.2 Å². The Balaban J connectivity index is 0.00000400. The molecular formula is C17H26LiNO2. The fourth-order valence-corrected chi connectivity index (χ4v) is 2.07. The van der Waals surface area contributed by atoms with Crippen molar-refractivity contribution < 1.29 is 28.7 Å². The minimum Gasteiger partial charge on any atom is -0.858 e. The van der Waals surface area contributed by atoms with Gasteiger partial charge in [-0.1, -0.05) is 57.0 Å². The van der Waals surface area contributed by atoms with Crippen LogP contribution < -0.4 is 24.0 Å². The van der Waals surface area contributed by atoms with Gasteiger partial charge in [0.2, 0.25) is 0 Å². The van der Waals surface area contributed by atoms with Crippen LogP contribution in [0.25, 0.3) is 5.76 Å². The molecule has 0 aromatic heterocycles. The molecule has 112 valence electrons. The molecule has 1 aromatic rings. The van der Waals surface area contributed by atoms with E-state index in [1.165, 1.54) is 0 Å². The van der Waals surface area contributed by atoms with Crippen molar-refractivity contribution in [3.63, 3.8) is 0 Å². The Hall–Kier alpha value is -1.04. The molecule has 0 atom stereocenters. The molecule has 0 aliphatic rings. The molecule has 0 N–H and O–H groups in total. The minimum atomic E-state index is 0. The van der Waals surface area contributed by atoms with Gasteiger partial charge in [0, 0.05) is 24.5 Å². The Bertz CT molecular complexity index is 399. The summed E-state index contributed by atoms with van der Waals surface area (Å²) in [5.74, 6) is 0.443. The van der Waals surface area contributed by atoms with Gasteiger partial charge >= 0.3 is 18.9 Å².